The Kier molecular flexibility index (Phi) is 6.22. The highest BCUT2D eigenvalue weighted by Gasteiger charge is 2.20. The number of carbonyl (C=O) groups excluding carboxylic acids is 1. The minimum Gasteiger partial charge on any atom is -0.294 e. The monoisotopic (exact) mass is 407 g/mol. The van der Waals surface area contributed by atoms with E-state index >= 15 is 0 Å². The molecule has 1 unspecified atom stereocenters. The van der Waals surface area contributed by atoms with Crippen molar-refractivity contribution < 1.29 is 17.9 Å². The molecule has 0 saturated heterocycles. The lowest BCUT2D eigenvalue weighted by Crippen LogP contribution is -2.18. The Labute approximate surface area is 162 Å². The third-order valence-corrected chi connectivity index (χ3v) is 4.86. The molecular formula is C18H15ClFN3O3S. The van der Waals surface area contributed by atoms with Crippen LogP contribution >= 0.6 is 11.6 Å². The lowest BCUT2D eigenvalue weighted by molar-refractivity contribution is 0.103. The van der Waals surface area contributed by atoms with Crippen molar-refractivity contribution in [3.05, 3.63) is 70.3 Å². The first-order valence-corrected chi connectivity index (χ1v) is 9.52. The summed E-state index contributed by atoms with van der Waals surface area (Å²) < 4.78 is 36.0. The molecule has 3 aromatic rings. The molecular weight excluding hydrogens is 393 g/mol. The second-order valence-corrected chi connectivity index (χ2v) is 6.90. The second-order valence-electron chi connectivity index (χ2n) is 5.73. The first-order valence-electron chi connectivity index (χ1n) is 8.04. The zero-order chi connectivity index (χ0) is 19.4. The van der Waals surface area contributed by atoms with Gasteiger partial charge in [-0.25, -0.2) is 13.3 Å². The predicted molar refractivity (Wildman–Crippen MR) is 101 cm³/mol. The van der Waals surface area contributed by atoms with E-state index in [0.29, 0.717) is 29.4 Å². The summed E-state index contributed by atoms with van der Waals surface area (Å²) in [5, 5.41) is 0.0457. The number of halogens is 2. The summed E-state index contributed by atoms with van der Waals surface area (Å²) in [6.45, 7) is 0.281. The second kappa shape index (κ2) is 8.62. The molecule has 0 aliphatic carbocycles. The molecule has 0 aliphatic heterocycles. The summed E-state index contributed by atoms with van der Waals surface area (Å²) in [6, 6.07) is 7.46. The maximum Gasteiger partial charge on any atom is 0.231 e. The Morgan fingerprint density at radius 2 is 1.93 bits per heavy atom. The van der Waals surface area contributed by atoms with Crippen molar-refractivity contribution in [3.8, 4) is 0 Å². The summed E-state index contributed by atoms with van der Waals surface area (Å²) in [7, 11) is 0. The highest BCUT2D eigenvalue weighted by Crippen LogP contribution is 2.28. The van der Waals surface area contributed by atoms with Gasteiger partial charge in [-0.1, -0.05) is 17.7 Å². The predicted octanol–water partition coefficient (Wildman–Crippen LogP) is 3.31. The van der Waals surface area contributed by atoms with E-state index in [2.05, 4.69) is 14.7 Å². The molecule has 1 heterocycles. The van der Waals surface area contributed by atoms with Crippen LogP contribution in [0, 0.1) is 5.82 Å². The Hall–Kier alpha value is -2.26. The fourth-order valence-corrected chi connectivity index (χ4v) is 3.34. The number of hydrogen-bond donors (Lipinski definition) is 2. The maximum absolute atomic E-state index is 14.4. The average Bonchev–Trinajstić information content (AvgIpc) is 2.66. The Balaban J connectivity index is 1.88. The van der Waals surface area contributed by atoms with Gasteiger partial charge in [0, 0.05) is 24.5 Å². The molecule has 1 aromatic heterocycles. The number of nitrogens with zero attached hydrogens (tertiary/aromatic N) is 2. The minimum atomic E-state index is -2.09. The largest absolute Gasteiger partial charge is 0.294 e. The van der Waals surface area contributed by atoms with Crippen molar-refractivity contribution in [1.29, 1.82) is 0 Å². The molecule has 6 nitrogen and oxygen atoms in total. The molecule has 140 valence electrons. The first-order chi connectivity index (χ1) is 13.0. The van der Waals surface area contributed by atoms with Crippen LogP contribution in [0.3, 0.4) is 0 Å². The van der Waals surface area contributed by atoms with Crippen molar-refractivity contribution >= 4 is 39.7 Å². The molecule has 2 aromatic carbocycles. The van der Waals surface area contributed by atoms with E-state index in [4.69, 9.17) is 16.2 Å². The van der Waals surface area contributed by atoms with E-state index in [-0.39, 0.29) is 22.7 Å². The number of aryl methyl sites for hydroxylation is 1. The van der Waals surface area contributed by atoms with Crippen LogP contribution in [-0.4, -0.2) is 31.1 Å². The van der Waals surface area contributed by atoms with Crippen molar-refractivity contribution in [3.63, 3.8) is 0 Å². The number of carbonyl (C=O) groups is 1. The van der Waals surface area contributed by atoms with Crippen molar-refractivity contribution in [2.75, 3.05) is 6.54 Å². The topological polar surface area (TPSA) is 92.2 Å². The van der Waals surface area contributed by atoms with E-state index in [0.717, 1.165) is 0 Å². The van der Waals surface area contributed by atoms with Gasteiger partial charge in [0.05, 0.1) is 21.6 Å². The molecule has 9 heteroatoms. The Morgan fingerprint density at radius 3 is 2.67 bits per heavy atom. The number of rotatable bonds is 7. The zero-order valence-electron chi connectivity index (χ0n) is 14.0. The standard InChI is InChI=1S/C18H15ClFN3O3S/c19-17-11(2-1-7-23-27(25)26)3-5-13(20)16(17)18(24)12-4-6-14-15(10-12)22-9-8-21-14/h3-6,8-10,23H,1-2,7H2,(H,25,26). The molecule has 0 aliphatic rings. The number of benzene rings is 2. The van der Waals surface area contributed by atoms with Crippen LogP contribution in [-0.2, 0) is 17.7 Å². The van der Waals surface area contributed by atoms with Crippen LogP contribution < -0.4 is 4.72 Å². The fraction of sp³-hybridized carbons (Fsp3) is 0.167. The average molecular weight is 408 g/mol. The van der Waals surface area contributed by atoms with Crippen LogP contribution in [0.4, 0.5) is 4.39 Å². The summed E-state index contributed by atoms with van der Waals surface area (Å²) in [5.41, 5.74) is 1.81. The van der Waals surface area contributed by atoms with Gasteiger partial charge in [-0.2, -0.15) is 0 Å². The van der Waals surface area contributed by atoms with Gasteiger partial charge < -0.3 is 0 Å². The summed E-state index contributed by atoms with van der Waals surface area (Å²) in [6.07, 6.45) is 3.98. The molecule has 2 N–H and O–H groups in total. The maximum atomic E-state index is 14.4. The lowest BCUT2D eigenvalue weighted by Gasteiger charge is -2.11. The van der Waals surface area contributed by atoms with Gasteiger partial charge in [-0.05, 0) is 42.7 Å². The van der Waals surface area contributed by atoms with Gasteiger partial charge in [0.2, 0.25) is 11.3 Å². The van der Waals surface area contributed by atoms with Crippen LogP contribution in [0.1, 0.15) is 27.9 Å². The molecule has 27 heavy (non-hydrogen) atoms. The van der Waals surface area contributed by atoms with Crippen molar-refractivity contribution in [2.45, 2.75) is 12.8 Å². The van der Waals surface area contributed by atoms with Gasteiger partial charge in [-0.3, -0.25) is 19.3 Å². The minimum absolute atomic E-state index is 0.0457. The van der Waals surface area contributed by atoms with Gasteiger partial charge in [0.15, 0.2) is 5.78 Å². The molecule has 0 radical (unpaired) electrons. The third-order valence-electron chi connectivity index (χ3n) is 3.98. The number of fused-ring (bicyclic) bond motifs is 1. The first kappa shape index (κ1) is 19.5. The van der Waals surface area contributed by atoms with E-state index in [9.17, 15) is 13.4 Å². The van der Waals surface area contributed by atoms with E-state index < -0.39 is 22.9 Å². The summed E-state index contributed by atoms with van der Waals surface area (Å²) in [4.78, 5) is 21.1. The van der Waals surface area contributed by atoms with Crippen LogP contribution in [0.15, 0.2) is 42.7 Å². The van der Waals surface area contributed by atoms with Crippen molar-refractivity contribution in [2.24, 2.45) is 0 Å². The zero-order valence-corrected chi connectivity index (χ0v) is 15.6. The third kappa shape index (κ3) is 4.54. The Morgan fingerprint density at radius 1 is 1.19 bits per heavy atom. The number of nitrogens with one attached hydrogen (secondary N) is 1. The smallest absolute Gasteiger partial charge is 0.231 e. The van der Waals surface area contributed by atoms with E-state index in [1.165, 1.54) is 18.3 Å². The van der Waals surface area contributed by atoms with Crippen LogP contribution in [0.5, 0.6) is 0 Å². The highest BCUT2D eigenvalue weighted by atomic mass is 35.5. The fourth-order valence-electron chi connectivity index (χ4n) is 2.68. The van der Waals surface area contributed by atoms with Gasteiger partial charge in [-0.15, -0.1) is 0 Å². The summed E-state index contributed by atoms with van der Waals surface area (Å²) >= 11 is 4.21. The molecule has 0 bridgehead atoms. The molecule has 0 amide bonds. The van der Waals surface area contributed by atoms with Gasteiger partial charge in [0.25, 0.3) is 0 Å². The molecule has 0 fully saturated rings. The molecule has 3 rings (SSSR count). The molecule has 0 spiro atoms. The normalized spacial score (nSPS) is 12.3. The van der Waals surface area contributed by atoms with Crippen LogP contribution in [0.2, 0.25) is 5.02 Å². The molecule has 0 saturated carbocycles. The quantitative estimate of drug-likeness (QED) is 0.356. The van der Waals surface area contributed by atoms with Crippen LogP contribution in [0.25, 0.3) is 11.0 Å². The summed E-state index contributed by atoms with van der Waals surface area (Å²) in [5.74, 6) is -1.25. The number of ketones is 1. The SMILES string of the molecule is O=C(c1ccc2nccnc2c1)c1c(F)ccc(CCCNS(=O)O)c1Cl. The molecule has 1 atom stereocenters. The van der Waals surface area contributed by atoms with E-state index in [1.54, 1.807) is 24.4 Å². The van der Waals surface area contributed by atoms with E-state index in [1.807, 2.05) is 0 Å². The highest BCUT2D eigenvalue weighted by molar-refractivity contribution is 7.77. The van der Waals surface area contributed by atoms with Gasteiger partial charge in [0.1, 0.15) is 5.82 Å². The van der Waals surface area contributed by atoms with Gasteiger partial charge >= 0.3 is 0 Å². The van der Waals surface area contributed by atoms with Crippen molar-refractivity contribution in [1.82, 2.24) is 14.7 Å². The number of hydrogen-bond acceptors (Lipinski definition) is 4. The Bertz CT molecular complexity index is 1030. The lowest BCUT2D eigenvalue weighted by atomic mass is 9.98. The number of aromatic nitrogens is 2.